The van der Waals surface area contributed by atoms with E-state index >= 15 is 0 Å². The first-order chi connectivity index (χ1) is 11.4. The number of aryl methyl sites for hydroxylation is 1. The maximum absolute atomic E-state index is 13.2. The Morgan fingerprint density at radius 2 is 2.04 bits per heavy atom. The first-order valence-electron chi connectivity index (χ1n) is 7.55. The number of sulfonamides is 1. The number of halogens is 1. The molecule has 1 fully saturated rings. The lowest BCUT2D eigenvalue weighted by Crippen LogP contribution is -2.36. The molecule has 1 saturated heterocycles. The van der Waals surface area contributed by atoms with Gasteiger partial charge in [0.2, 0.25) is 10.0 Å². The molecule has 0 atom stereocenters. The lowest BCUT2D eigenvalue weighted by atomic mass is 10.0. The molecule has 24 heavy (non-hydrogen) atoms. The van der Waals surface area contributed by atoms with E-state index in [1.807, 2.05) is 12.1 Å². The molecule has 8 heteroatoms. The van der Waals surface area contributed by atoms with Crippen LogP contribution in [0.2, 0.25) is 0 Å². The van der Waals surface area contributed by atoms with Crippen LogP contribution in [0.4, 0.5) is 10.2 Å². The van der Waals surface area contributed by atoms with Crippen LogP contribution in [0.5, 0.6) is 0 Å². The molecule has 128 valence electrons. The van der Waals surface area contributed by atoms with Gasteiger partial charge < -0.3 is 10.3 Å². The molecule has 1 aromatic heterocycles. The van der Waals surface area contributed by atoms with E-state index in [0.29, 0.717) is 25.9 Å². The summed E-state index contributed by atoms with van der Waals surface area (Å²) in [5.41, 5.74) is 7.48. The third-order valence-electron chi connectivity index (χ3n) is 4.02. The number of piperidine rings is 1. The smallest absolute Gasteiger partial charge is 0.250 e. The Hall–Kier alpha value is -2.19. The molecule has 0 spiro atoms. The van der Waals surface area contributed by atoms with Crippen molar-refractivity contribution in [3.63, 3.8) is 0 Å². The van der Waals surface area contributed by atoms with Gasteiger partial charge in [-0.3, -0.25) is 0 Å². The predicted molar refractivity (Wildman–Crippen MR) is 88.0 cm³/mol. The van der Waals surface area contributed by atoms with Gasteiger partial charge in [-0.25, -0.2) is 12.8 Å². The second-order valence-corrected chi connectivity index (χ2v) is 7.59. The van der Waals surface area contributed by atoms with E-state index in [0.717, 1.165) is 11.1 Å². The zero-order valence-corrected chi connectivity index (χ0v) is 14.0. The summed E-state index contributed by atoms with van der Waals surface area (Å²) in [5, 5.41) is 3.51. The van der Waals surface area contributed by atoms with Crippen LogP contribution in [0, 0.1) is 12.7 Å². The highest BCUT2D eigenvalue weighted by Crippen LogP contribution is 2.29. The van der Waals surface area contributed by atoms with Gasteiger partial charge in [-0.15, -0.1) is 0 Å². The second-order valence-electron chi connectivity index (χ2n) is 5.71. The van der Waals surface area contributed by atoms with Crippen molar-refractivity contribution in [1.82, 2.24) is 9.46 Å². The molecule has 0 aliphatic carbocycles. The van der Waals surface area contributed by atoms with Crippen LogP contribution in [0.1, 0.15) is 24.2 Å². The lowest BCUT2D eigenvalue weighted by Gasteiger charge is -2.27. The molecule has 1 aliphatic heterocycles. The van der Waals surface area contributed by atoms with Crippen LogP contribution < -0.4 is 5.73 Å². The van der Waals surface area contributed by atoms with E-state index in [-0.39, 0.29) is 22.3 Å². The third kappa shape index (κ3) is 3.20. The zero-order chi connectivity index (χ0) is 17.3. The van der Waals surface area contributed by atoms with Crippen LogP contribution >= 0.6 is 0 Å². The van der Waals surface area contributed by atoms with Crippen molar-refractivity contribution < 1.29 is 17.3 Å². The number of rotatable bonds is 3. The van der Waals surface area contributed by atoms with Gasteiger partial charge in [-0.05, 0) is 37.5 Å². The maximum Gasteiger partial charge on any atom is 0.250 e. The summed E-state index contributed by atoms with van der Waals surface area (Å²) in [4.78, 5) is -0.0555. The Morgan fingerprint density at radius 1 is 1.33 bits per heavy atom. The second kappa shape index (κ2) is 6.37. The minimum atomic E-state index is -3.72. The molecule has 2 aromatic rings. The summed E-state index contributed by atoms with van der Waals surface area (Å²) in [6, 6.07) is 6.32. The number of nitrogen functional groups attached to an aromatic ring is 1. The third-order valence-corrected chi connectivity index (χ3v) is 6.07. The number of benzene rings is 1. The molecule has 3 rings (SSSR count). The first-order valence-corrected chi connectivity index (χ1v) is 8.99. The van der Waals surface area contributed by atoms with Gasteiger partial charge in [-0.2, -0.15) is 4.31 Å². The Bertz CT molecular complexity index is 860. The van der Waals surface area contributed by atoms with Crippen LogP contribution in [-0.4, -0.2) is 31.0 Å². The van der Waals surface area contributed by atoms with Crippen molar-refractivity contribution in [1.29, 1.82) is 0 Å². The van der Waals surface area contributed by atoms with E-state index in [2.05, 4.69) is 5.16 Å². The number of aromatic nitrogens is 1. The fourth-order valence-electron chi connectivity index (χ4n) is 2.81. The summed E-state index contributed by atoms with van der Waals surface area (Å²) >= 11 is 0. The molecule has 2 N–H and O–H groups in total. The molecule has 6 nitrogen and oxygen atoms in total. The largest absolute Gasteiger partial charge is 0.380 e. The molecule has 2 heterocycles. The van der Waals surface area contributed by atoms with Crippen molar-refractivity contribution in [3.05, 3.63) is 47.0 Å². The molecule has 0 radical (unpaired) electrons. The highest BCUT2D eigenvalue weighted by atomic mass is 32.2. The molecule has 0 unspecified atom stereocenters. The fourth-order valence-corrected chi connectivity index (χ4v) is 4.44. The highest BCUT2D eigenvalue weighted by molar-refractivity contribution is 7.89. The van der Waals surface area contributed by atoms with Crippen molar-refractivity contribution in [2.24, 2.45) is 0 Å². The molecule has 0 saturated carbocycles. The lowest BCUT2D eigenvalue weighted by molar-refractivity contribution is 0.381. The number of nitrogens with two attached hydrogens (primary N) is 1. The topological polar surface area (TPSA) is 89.4 Å². The molecule has 1 aromatic carbocycles. The normalized spacial score (nSPS) is 16.3. The Labute approximate surface area is 139 Å². The van der Waals surface area contributed by atoms with Crippen LogP contribution in [0.25, 0.3) is 6.08 Å². The molecule has 0 amide bonds. The predicted octanol–water partition coefficient (Wildman–Crippen LogP) is 2.57. The quantitative estimate of drug-likeness (QED) is 0.918. The molecule has 1 aliphatic rings. The molecule has 0 bridgehead atoms. The van der Waals surface area contributed by atoms with E-state index in [4.69, 9.17) is 10.3 Å². The van der Waals surface area contributed by atoms with Crippen molar-refractivity contribution in [2.75, 3.05) is 18.8 Å². The van der Waals surface area contributed by atoms with E-state index in [9.17, 15) is 12.8 Å². The average Bonchev–Trinajstić information content (AvgIpc) is 2.87. The summed E-state index contributed by atoms with van der Waals surface area (Å²) in [7, 11) is -3.72. The molecular formula is C16H18FN3O3S. The minimum absolute atomic E-state index is 0.0555. The highest BCUT2D eigenvalue weighted by Gasteiger charge is 2.33. The Morgan fingerprint density at radius 3 is 2.62 bits per heavy atom. The van der Waals surface area contributed by atoms with E-state index < -0.39 is 10.0 Å². The van der Waals surface area contributed by atoms with Gasteiger partial charge in [0.1, 0.15) is 5.82 Å². The van der Waals surface area contributed by atoms with Gasteiger partial charge in [0, 0.05) is 13.1 Å². The number of hydrogen-bond acceptors (Lipinski definition) is 5. The Kier molecular flexibility index (Phi) is 4.42. The number of anilines is 1. The van der Waals surface area contributed by atoms with Crippen LogP contribution in [-0.2, 0) is 10.0 Å². The minimum Gasteiger partial charge on any atom is -0.380 e. The summed E-state index contributed by atoms with van der Waals surface area (Å²) in [5.74, 6) is -0.218. The van der Waals surface area contributed by atoms with Gasteiger partial charge in [0.15, 0.2) is 16.5 Å². The fraction of sp³-hybridized carbons (Fsp3) is 0.312. The number of nitrogens with zero attached hydrogens (tertiary/aromatic N) is 2. The van der Waals surface area contributed by atoms with E-state index in [1.165, 1.54) is 23.4 Å². The first kappa shape index (κ1) is 16.7. The number of hydrogen-bond donors (Lipinski definition) is 1. The van der Waals surface area contributed by atoms with Gasteiger partial charge in [-0.1, -0.05) is 28.9 Å². The summed E-state index contributed by atoms with van der Waals surface area (Å²) in [6.07, 6.45) is 3.08. The maximum atomic E-state index is 13.2. The van der Waals surface area contributed by atoms with Gasteiger partial charge in [0.05, 0.1) is 0 Å². The summed E-state index contributed by atoms with van der Waals surface area (Å²) < 4.78 is 44.8. The summed E-state index contributed by atoms with van der Waals surface area (Å²) in [6.45, 7) is 2.20. The van der Waals surface area contributed by atoms with Gasteiger partial charge >= 0.3 is 0 Å². The van der Waals surface area contributed by atoms with Crippen LogP contribution in [0.3, 0.4) is 0 Å². The van der Waals surface area contributed by atoms with Crippen molar-refractivity contribution in [3.8, 4) is 0 Å². The SMILES string of the molecule is Cc1onc(N)c1S(=O)(=O)N1CCC(=Cc2cccc(F)c2)CC1. The van der Waals surface area contributed by atoms with Gasteiger partial charge in [0.25, 0.3) is 0 Å². The average molecular weight is 351 g/mol. The van der Waals surface area contributed by atoms with Crippen molar-refractivity contribution in [2.45, 2.75) is 24.7 Å². The standard InChI is InChI=1S/C16H18FN3O3S/c1-11-15(16(18)19-23-11)24(21,22)20-7-5-12(6-8-20)9-13-3-2-4-14(17)10-13/h2-4,9-10H,5-8H2,1H3,(H2,18,19). The Balaban J connectivity index is 1.75. The monoisotopic (exact) mass is 351 g/mol. The van der Waals surface area contributed by atoms with Crippen LogP contribution in [0.15, 0.2) is 39.3 Å². The van der Waals surface area contributed by atoms with Crippen molar-refractivity contribution >= 4 is 21.9 Å². The zero-order valence-electron chi connectivity index (χ0n) is 13.2. The molecular weight excluding hydrogens is 333 g/mol. The van der Waals surface area contributed by atoms with E-state index in [1.54, 1.807) is 6.07 Å².